The van der Waals surface area contributed by atoms with Crippen molar-refractivity contribution < 1.29 is 13.2 Å². The predicted octanol–water partition coefficient (Wildman–Crippen LogP) is 1.41. The molecule has 2 rings (SSSR count). The molecule has 1 amide bonds. The molecule has 0 saturated carbocycles. The Morgan fingerprint density at radius 2 is 2.05 bits per heavy atom. The van der Waals surface area contributed by atoms with E-state index >= 15 is 0 Å². The molecule has 1 aliphatic rings. The number of carbonyl (C=O) groups is 1. The number of nitrogens with one attached hydrogen (secondary N) is 1. The highest BCUT2D eigenvalue weighted by atomic mass is 32.2. The summed E-state index contributed by atoms with van der Waals surface area (Å²) in [4.78, 5) is 11.9. The van der Waals surface area contributed by atoms with Gasteiger partial charge in [-0.05, 0) is 30.7 Å². The first-order chi connectivity index (χ1) is 10.4. The molecule has 1 fully saturated rings. The number of aryl methyl sites for hydroxylation is 1. The first kappa shape index (κ1) is 17.0. The molecule has 1 saturated heterocycles. The second kappa shape index (κ2) is 7.74. The summed E-state index contributed by atoms with van der Waals surface area (Å²) in [7, 11) is -3.12. The molecule has 0 radical (unpaired) electrons. The average Bonchev–Trinajstić information content (AvgIpc) is 2.93. The lowest BCUT2D eigenvalue weighted by Crippen LogP contribution is -2.30. The van der Waals surface area contributed by atoms with E-state index in [2.05, 4.69) is 17.4 Å². The largest absolute Gasteiger partial charge is 0.356 e. The molecule has 1 aromatic rings. The van der Waals surface area contributed by atoms with Gasteiger partial charge < -0.3 is 5.32 Å². The van der Waals surface area contributed by atoms with Gasteiger partial charge in [-0.1, -0.05) is 30.3 Å². The maximum absolute atomic E-state index is 11.9. The standard InChI is InChI=1S/C16H24N2O3S/c1-22(20,21)18-11-9-15(13-18)12-16(19)17-10-5-8-14-6-3-2-4-7-14/h2-4,6-7,15H,5,8-13H2,1H3,(H,17,19). The Hall–Kier alpha value is -1.40. The zero-order valence-corrected chi connectivity index (χ0v) is 13.8. The normalized spacial score (nSPS) is 19.2. The van der Waals surface area contributed by atoms with Gasteiger partial charge in [-0.3, -0.25) is 4.79 Å². The highest BCUT2D eigenvalue weighted by Crippen LogP contribution is 2.21. The number of rotatable bonds is 7. The molecule has 0 aromatic heterocycles. The zero-order chi connectivity index (χ0) is 16.0. The second-order valence-electron chi connectivity index (χ2n) is 5.92. The van der Waals surface area contributed by atoms with Gasteiger partial charge in [-0.25, -0.2) is 12.7 Å². The van der Waals surface area contributed by atoms with Crippen LogP contribution >= 0.6 is 0 Å². The third-order valence-electron chi connectivity index (χ3n) is 4.00. The van der Waals surface area contributed by atoms with Crippen LogP contribution in [0.15, 0.2) is 30.3 Å². The van der Waals surface area contributed by atoms with Crippen molar-refractivity contribution in [3.8, 4) is 0 Å². The van der Waals surface area contributed by atoms with Crippen LogP contribution in [0.1, 0.15) is 24.8 Å². The molecule has 0 aliphatic carbocycles. The van der Waals surface area contributed by atoms with E-state index in [1.807, 2.05) is 18.2 Å². The summed E-state index contributed by atoms with van der Waals surface area (Å²) in [6, 6.07) is 10.2. The Balaban J connectivity index is 1.62. The number of hydrogen-bond acceptors (Lipinski definition) is 3. The van der Waals surface area contributed by atoms with E-state index in [9.17, 15) is 13.2 Å². The van der Waals surface area contributed by atoms with E-state index in [0.717, 1.165) is 19.3 Å². The first-order valence-corrected chi connectivity index (χ1v) is 9.56. The molecule has 1 N–H and O–H groups in total. The summed E-state index contributed by atoms with van der Waals surface area (Å²) in [5, 5.41) is 2.93. The van der Waals surface area contributed by atoms with Crippen LogP contribution in [0.5, 0.6) is 0 Å². The minimum atomic E-state index is -3.12. The van der Waals surface area contributed by atoms with Crippen LogP contribution < -0.4 is 5.32 Å². The molecule has 1 aromatic carbocycles. The number of carbonyl (C=O) groups excluding carboxylic acids is 1. The van der Waals surface area contributed by atoms with Crippen molar-refractivity contribution in [2.45, 2.75) is 25.7 Å². The lowest BCUT2D eigenvalue weighted by atomic mass is 10.0. The first-order valence-electron chi connectivity index (χ1n) is 7.71. The fourth-order valence-electron chi connectivity index (χ4n) is 2.76. The molecule has 1 unspecified atom stereocenters. The van der Waals surface area contributed by atoms with Gasteiger partial charge in [0.1, 0.15) is 0 Å². The van der Waals surface area contributed by atoms with Gasteiger partial charge in [-0.2, -0.15) is 0 Å². The van der Waals surface area contributed by atoms with Gasteiger partial charge in [0, 0.05) is 26.1 Å². The van der Waals surface area contributed by atoms with E-state index in [1.54, 1.807) is 0 Å². The molecule has 5 nitrogen and oxygen atoms in total. The van der Waals surface area contributed by atoms with Crippen molar-refractivity contribution >= 4 is 15.9 Å². The number of benzene rings is 1. The smallest absolute Gasteiger partial charge is 0.220 e. The summed E-state index contributed by atoms with van der Waals surface area (Å²) >= 11 is 0. The van der Waals surface area contributed by atoms with Crippen LogP contribution in [0.3, 0.4) is 0 Å². The summed E-state index contributed by atoms with van der Waals surface area (Å²) in [5.74, 6) is 0.164. The minimum Gasteiger partial charge on any atom is -0.356 e. The predicted molar refractivity (Wildman–Crippen MR) is 86.9 cm³/mol. The Kier molecular flexibility index (Phi) is 5.97. The molecule has 1 aliphatic heterocycles. The minimum absolute atomic E-state index is 0.0217. The molecule has 6 heteroatoms. The lowest BCUT2D eigenvalue weighted by molar-refractivity contribution is -0.121. The topological polar surface area (TPSA) is 66.5 Å². The SMILES string of the molecule is CS(=O)(=O)N1CCC(CC(=O)NCCCc2ccccc2)C1. The number of hydrogen-bond donors (Lipinski definition) is 1. The van der Waals surface area contributed by atoms with Gasteiger partial charge >= 0.3 is 0 Å². The maximum atomic E-state index is 11.9. The van der Waals surface area contributed by atoms with Crippen LogP contribution in [0.4, 0.5) is 0 Å². The molecule has 0 bridgehead atoms. The van der Waals surface area contributed by atoms with Crippen LogP contribution in [0.25, 0.3) is 0 Å². The van der Waals surface area contributed by atoms with Crippen LogP contribution in [0.2, 0.25) is 0 Å². The van der Waals surface area contributed by atoms with Gasteiger partial charge in [0.25, 0.3) is 0 Å². The third kappa shape index (κ3) is 5.42. The molecule has 0 spiro atoms. The summed E-state index contributed by atoms with van der Waals surface area (Å²) in [6.07, 6.45) is 4.27. The van der Waals surface area contributed by atoms with Crippen LogP contribution in [-0.4, -0.2) is 44.5 Å². The molecule has 122 valence electrons. The van der Waals surface area contributed by atoms with Crippen LogP contribution in [-0.2, 0) is 21.2 Å². The van der Waals surface area contributed by atoms with E-state index < -0.39 is 10.0 Å². The average molecular weight is 324 g/mol. The Morgan fingerprint density at radius 3 is 2.68 bits per heavy atom. The van der Waals surface area contributed by atoms with Gasteiger partial charge in [0.05, 0.1) is 6.26 Å². The fraction of sp³-hybridized carbons (Fsp3) is 0.562. The number of nitrogens with zero attached hydrogens (tertiary/aromatic N) is 1. The van der Waals surface area contributed by atoms with Gasteiger partial charge in [0.2, 0.25) is 15.9 Å². The van der Waals surface area contributed by atoms with E-state index in [1.165, 1.54) is 16.1 Å². The van der Waals surface area contributed by atoms with Crippen molar-refractivity contribution in [2.75, 3.05) is 25.9 Å². The van der Waals surface area contributed by atoms with Crippen molar-refractivity contribution in [3.63, 3.8) is 0 Å². The second-order valence-corrected chi connectivity index (χ2v) is 7.90. The Labute approximate surface area is 132 Å². The van der Waals surface area contributed by atoms with E-state index in [0.29, 0.717) is 26.1 Å². The Bertz CT molecular complexity index is 587. The van der Waals surface area contributed by atoms with E-state index in [-0.39, 0.29) is 11.8 Å². The summed E-state index contributed by atoms with van der Waals surface area (Å²) in [6.45, 7) is 1.66. The molecular formula is C16H24N2O3S. The molecule has 1 heterocycles. The highest BCUT2D eigenvalue weighted by Gasteiger charge is 2.29. The number of amides is 1. The maximum Gasteiger partial charge on any atom is 0.220 e. The molecule has 22 heavy (non-hydrogen) atoms. The zero-order valence-electron chi connectivity index (χ0n) is 13.0. The van der Waals surface area contributed by atoms with Crippen molar-refractivity contribution in [1.29, 1.82) is 0 Å². The summed E-state index contributed by atoms with van der Waals surface area (Å²) in [5.41, 5.74) is 1.27. The van der Waals surface area contributed by atoms with E-state index in [4.69, 9.17) is 0 Å². The summed E-state index contributed by atoms with van der Waals surface area (Å²) < 4.78 is 24.3. The lowest BCUT2D eigenvalue weighted by Gasteiger charge is -2.13. The van der Waals surface area contributed by atoms with Crippen molar-refractivity contribution in [3.05, 3.63) is 35.9 Å². The van der Waals surface area contributed by atoms with Crippen molar-refractivity contribution in [1.82, 2.24) is 9.62 Å². The van der Waals surface area contributed by atoms with Crippen LogP contribution in [0, 0.1) is 5.92 Å². The van der Waals surface area contributed by atoms with Gasteiger partial charge in [-0.15, -0.1) is 0 Å². The third-order valence-corrected chi connectivity index (χ3v) is 5.27. The Morgan fingerprint density at radius 1 is 1.32 bits per heavy atom. The molecular weight excluding hydrogens is 300 g/mol. The molecule has 1 atom stereocenters. The fourth-order valence-corrected chi connectivity index (χ4v) is 3.68. The van der Waals surface area contributed by atoms with Crippen molar-refractivity contribution in [2.24, 2.45) is 5.92 Å². The number of sulfonamides is 1. The quantitative estimate of drug-likeness (QED) is 0.771. The highest BCUT2D eigenvalue weighted by molar-refractivity contribution is 7.88. The monoisotopic (exact) mass is 324 g/mol. The van der Waals surface area contributed by atoms with Gasteiger partial charge in [0.15, 0.2) is 0 Å².